The lowest BCUT2D eigenvalue weighted by atomic mass is 10.1. The maximum absolute atomic E-state index is 13.1. The van der Waals surface area contributed by atoms with Crippen LogP contribution in [0.15, 0.2) is 59.4 Å². The summed E-state index contributed by atoms with van der Waals surface area (Å²) in [7, 11) is 0. The maximum Gasteiger partial charge on any atom is 0.256 e. The van der Waals surface area contributed by atoms with E-state index in [2.05, 4.69) is 30.6 Å². The van der Waals surface area contributed by atoms with Crippen LogP contribution in [0.5, 0.6) is 0 Å². The van der Waals surface area contributed by atoms with E-state index in [1.54, 1.807) is 6.07 Å². The van der Waals surface area contributed by atoms with E-state index in [1.165, 1.54) is 16.6 Å². The minimum atomic E-state index is -0.0322. The first kappa shape index (κ1) is 20.0. The Bertz CT molecular complexity index is 1190. The zero-order chi connectivity index (χ0) is 21.9. The molecule has 0 radical (unpaired) electrons. The number of aryl methyl sites for hydroxylation is 1. The predicted octanol–water partition coefficient (Wildman–Crippen LogP) is 1.98. The SMILES string of the molecule is Cc1ccc(-c2noc(CN3CCN(C(=O)c4ccccc4-n4cnnn4)CC3)n2)cc1. The zero-order valence-corrected chi connectivity index (χ0v) is 17.6. The summed E-state index contributed by atoms with van der Waals surface area (Å²) in [6.07, 6.45) is 1.49. The van der Waals surface area contributed by atoms with Gasteiger partial charge in [0.15, 0.2) is 0 Å². The van der Waals surface area contributed by atoms with Crippen molar-refractivity contribution in [2.75, 3.05) is 26.2 Å². The average molecular weight is 430 g/mol. The van der Waals surface area contributed by atoms with Crippen LogP contribution in [0.4, 0.5) is 0 Å². The molecule has 10 heteroatoms. The number of hydrogen-bond donors (Lipinski definition) is 0. The van der Waals surface area contributed by atoms with E-state index in [9.17, 15) is 4.79 Å². The third-order valence-corrected chi connectivity index (χ3v) is 5.53. The molecule has 2 aromatic carbocycles. The number of piperazine rings is 1. The van der Waals surface area contributed by atoms with Crippen LogP contribution in [0.3, 0.4) is 0 Å². The Morgan fingerprint density at radius 1 is 1.03 bits per heavy atom. The highest BCUT2D eigenvalue weighted by molar-refractivity contribution is 5.97. The van der Waals surface area contributed by atoms with E-state index < -0.39 is 0 Å². The van der Waals surface area contributed by atoms with Gasteiger partial charge in [0.05, 0.1) is 17.8 Å². The molecule has 0 N–H and O–H groups in total. The van der Waals surface area contributed by atoms with Gasteiger partial charge < -0.3 is 9.42 Å². The van der Waals surface area contributed by atoms with Crippen molar-refractivity contribution in [3.8, 4) is 17.1 Å². The summed E-state index contributed by atoms with van der Waals surface area (Å²) in [5, 5.41) is 15.4. The number of para-hydroxylation sites is 1. The Hall–Kier alpha value is -3.92. The number of tetrazole rings is 1. The van der Waals surface area contributed by atoms with Crippen LogP contribution in [0.2, 0.25) is 0 Å². The largest absolute Gasteiger partial charge is 0.338 e. The van der Waals surface area contributed by atoms with E-state index in [-0.39, 0.29) is 5.91 Å². The molecule has 0 spiro atoms. The van der Waals surface area contributed by atoms with Crippen molar-refractivity contribution in [2.24, 2.45) is 0 Å². The molecule has 0 atom stereocenters. The van der Waals surface area contributed by atoms with Crippen molar-refractivity contribution in [1.29, 1.82) is 0 Å². The molecule has 0 bridgehead atoms. The van der Waals surface area contributed by atoms with E-state index in [0.717, 1.165) is 18.7 Å². The molecule has 32 heavy (non-hydrogen) atoms. The topological polar surface area (TPSA) is 106 Å². The molecule has 0 unspecified atom stereocenters. The zero-order valence-electron chi connectivity index (χ0n) is 17.6. The molecule has 2 aromatic heterocycles. The number of carbonyl (C=O) groups excluding carboxylic acids is 1. The molecule has 5 rings (SSSR count). The van der Waals surface area contributed by atoms with Crippen LogP contribution in [-0.4, -0.2) is 72.2 Å². The van der Waals surface area contributed by atoms with E-state index >= 15 is 0 Å². The standard InChI is InChI=1S/C22H22N8O2/c1-16-6-8-17(9-7-16)21-24-20(32-25-21)14-28-10-12-29(13-11-28)22(31)18-4-2-3-5-19(18)30-15-23-26-27-30/h2-9,15H,10-14H2,1H3. The average Bonchev–Trinajstić information content (AvgIpc) is 3.52. The Labute approximate surface area is 184 Å². The molecule has 1 aliphatic heterocycles. The van der Waals surface area contributed by atoms with Crippen molar-refractivity contribution in [3.63, 3.8) is 0 Å². The van der Waals surface area contributed by atoms with Gasteiger partial charge in [-0.3, -0.25) is 9.69 Å². The van der Waals surface area contributed by atoms with Gasteiger partial charge in [0.25, 0.3) is 5.91 Å². The van der Waals surface area contributed by atoms with Crippen LogP contribution in [0, 0.1) is 6.92 Å². The fourth-order valence-electron chi connectivity index (χ4n) is 3.74. The first-order valence-corrected chi connectivity index (χ1v) is 10.4. The quantitative estimate of drug-likeness (QED) is 0.473. The second-order valence-corrected chi connectivity index (χ2v) is 7.72. The molecule has 4 aromatic rings. The predicted molar refractivity (Wildman–Crippen MR) is 115 cm³/mol. The van der Waals surface area contributed by atoms with Crippen LogP contribution < -0.4 is 0 Å². The second kappa shape index (κ2) is 8.67. The van der Waals surface area contributed by atoms with Crippen molar-refractivity contribution in [3.05, 3.63) is 71.9 Å². The van der Waals surface area contributed by atoms with Gasteiger partial charge >= 0.3 is 0 Å². The minimum absolute atomic E-state index is 0.0322. The van der Waals surface area contributed by atoms with E-state index in [1.807, 2.05) is 54.3 Å². The van der Waals surface area contributed by atoms with Crippen molar-refractivity contribution in [1.82, 2.24) is 40.1 Å². The normalized spacial score (nSPS) is 14.6. The van der Waals surface area contributed by atoms with Gasteiger partial charge in [0.1, 0.15) is 6.33 Å². The number of benzene rings is 2. The fraction of sp³-hybridized carbons (Fsp3) is 0.273. The summed E-state index contributed by atoms with van der Waals surface area (Å²) >= 11 is 0. The van der Waals surface area contributed by atoms with E-state index in [4.69, 9.17) is 4.52 Å². The minimum Gasteiger partial charge on any atom is -0.338 e. The van der Waals surface area contributed by atoms with E-state index in [0.29, 0.717) is 42.6 Å². The summed E-state index contributed by atoms with van der Waals surface area (Å²) in [5.74, 6) is 1.13. The molecule has 0 aliphatic carbocycles. The summed E-state index contributed by atoms with van der Waals surface area (Å²) < 4.78 is 6.95. The van der Waals surface area contributed by atoms with Gasteiger partial charge in [-0.2, -0.15) is 9.67 Å². The van der Waals surface area contributed by atoms with Crippen molar-refractivity contribution in [2.45, 2.75) is 13.5 Å². The number of nitrogens with zero attached hydrogens (tertiary/aromatic N) is 8. The molecule has 1 saturated heterocycles. The van der Waals surface area contributed by atoms with Gasteiger partial charge in [-0.15, -0.1) is 5.10 Å². The maximum atomic E-state index is 13.1. The Kier molecular flexibility index (Phi) is 5.42. The monoisotopic (exact) mass is 430 g/mol. The van der Waals surface area contributed by atoms with Gasteiger partial charge in [0, 0.05) is 31.7 Å². The molecule has 10 nitrogen and oxygen atoms in total. The third kappa shape index (κ3) is 4.12. The number of carbonyl (C=O) groups is 1. The third-order valence-electron chi connectivity index (χ3n) is 5.53. The molecule has 3 heterocycles. The van der Waals surface area contributed by atoms with Crippen LogP contribution in [-0.2, 0) is 6.54 Å². The van der Waals surface area contributed by atoms with Crippen LogP contribution >= 0.6 is 0 Å². The number of rotatable bonds is 5. The lowest BCUT2D eigenvalue weighted by molar-refractivity contribution is 0.0615. The first-order chi connectivity index (χ1) is 15.7. The van der Waals surface area contributed by atoms with Gasteiger partial charge in [-0.25, -0.2) is 0 Å². The first-order valence-electron chi connectivity index (χ1n) is 10.4. The molecule has 1 aliphatic rings. The lowest BCUT2D eigenvalue weighted by Crippen LogP contribution is -2.48. The molecular weight excluding hydrogens is 408 g/mol. The summed E-state index contributed by atoms with van der Waals surface area (Å²) in [5.41, 5.74) is 3.36. The number of hydrogen-bond acceptors (Lipinski definition) is 8. The molecule has 162 valence electrons. The summed E-state index contributed by atoms with van der Waals surface area (Å²) in [6.45, 7) is 5.27. The van der Waals surface area contributed by atoms with Crippen molar-refractivity contribution >= 4 is 5.91 Å². The van der Waals surface area contributed by atoms with Crippen molar-refractivity contribution < 1.29 is 9.32 Å². The number of aromatic nitrogens is 6. The lowest BCUT2D eigenvalue weighted by Gasteiger charge is -2.34. The van der Waals surface area contributed by atoms with Crippen LogP contribution in [0.25, 0.3) is 17.1 Å². The molecule has 1 amide bonds. The van der Waals surface area contributed by atoms with Gasteiger partial charge in [-0.05, 0) is 29.5 Å². The molecule has 0 saturated carbocycles. The molecule has 1 fully saturated rings. The Balaban J connectivity index is 1.21. The highest BCUT2D eigenvalue weighted by atomic mass is 16.5. The number of amides is 1. The van der Waals surface area contributed by atoms with Crippen LogP contribution in [0.1, 0.15) is 21.8 Å². The smallest absolute Gasteiger partial charge is 0.256 e. The summed E-state index contributed by atoms with van der Waals surface area (Å²) in [6, 6.07) is 15.4. The summed E-state index contributed by atoms with van der Waals surface area (Å²) in [4.78, 5) is 21.7. The fourth-order valence-corrected chi connectivity index (χ4v) is 3.74. The second-order valence-electron chi connectivity index (χ2n) is 7.72. The molecular formula is C22H22N8O2. The Morgan fingerprint density at radius 3 is 2.56 bits per heavy atom. The highest BCUT2D eigenvalue weighted by Gasteiger charge is 2.25. The Morgan fingerprint density at radius 2 is 1.81 bits per heavy atom. The van der Waals surface area contributed by atoms with Gasteiger partial charge in [0.2, 0.25) is 11.7 Å². The highest BCUT2D eigenvalue weighted by Crippen LogP contribution is 2.19. The van der Waals surface area contributed by atoms with Gasteiger partial charge in [-0.1, -0.05) is 47.1 Å².